The summed E-state index contributed by atoms with van der Waals surface area (Å²) in [4.78, 5) is 15.3. The summed E-state index contributed by atoms with van der Waals surface area (Å²) in [6.45, 7) is 3.17. The molecule has 1 spiro atoms. The van der Waals surface area contributed by atoms with Gasteiger partial charge in [0.05, 0.1) is 11.7 Å². The molecule has 0 bridgehead atoms. The molecule has 0 aromatic heterocycles. The Morgan fingerprint density at radius 1 is 1.14 bits per heavy atom. The fourth-order valence-corrected chi connectivity index (χ4v) is 5.61. The number of hydrogen-bond acceptors (Lipinski definition) is 3. The van der Waals surface area contributed by atoms with Crippen molar-refractivity contribution in [2.24, 2.45) is 0 Å². The van der Waals surface area contributed by atoms with Crippen LogP contribution in [0, 0.1) is 0 Å². The van der Waals surface area contributed by atoms with Crippen LogP contribution in [0.1, 0.15) is 71.1 Å². The van der Waals surface area contributed by atoms with Gasteiger partial charge in [-0.3, -0.25) is 10.1 Å². The molecule has 2 aliphatic carbocycles. The molecule has 1 heterocycles. The topological polar surface area (TPSA) is 32.3 Å². The third kappa shape index (κ3) is 2.74. The highest BCUT2D eigenvalue weighted by Gasteiger charge is 2.53. The van der Waals surface area contributed by atoms with E-state index in [1.54, 1.807) is 0 Å². The fraction of sp³-hybridized carbons (Fsp3) is 0.941. The first-order valence-corrected chi connectivity index (χ1v) is 10.0. The van der Waals surface area contributed by atoms with E-state index in [-0.39, 0.29) is 11.7 Å². The largest absolute Gasteiger partial charge is 0.324 e. The second-order valence-electron chi connectivity index (χ2n) is 7.24. The molecule has 3 fully saturated rings. The van der Waals surface area contributed by atoms with Crippen LogP contribution in [-0.4, -0.2) is 40.1 Å². The Bertz CT molecular complexity index is 386. The molecule has 3 aliphatic rings. The summed E-state index contributed by atoms with van der Waals surface area (Å²) in [7, 11) is 0. The van der Waals surface area contributed by atoms with Crippen LogP contribution in [-0.2, 0) is 4.79 Å². The first kappa shape index (κ1) is 15.7. The Morgan fingerprint density at radius 2 is 1.76 bits per heavy atom. The van der Waals surface area contributed by atoms with Crippen LogP contribution in [0.3, 0.4) is 0 Å². The smallest absolute Gasteiger partial charge is 0.244 e. The normalized spacial score (nSPS) is 31.2. The Kier molecular flexibility index (Phi) is 4.56. The predicted octanol–water partition coefficient (Wildman–Crippen LogP) is 3.53. The Balaban J connectivity index is 1.77. The summed E-state index contributed by atoms with van der Waals surface area (Å²) in [5.41, 5.74) is -0.199. The SMILES string of the molecule is CCC1NC2(CCCC2)C(=O)N1CC1(SC)CCCCC1. The van der Waals surface area contributed by atoms with E-state index in [1.165, 1.54) is 44.9 Å². The minimum absolute atomic E-state index is 0.199. The number of carbonyl (C=O) groups is 1. The van der Waals surface area contributed by atoms with Crippen LogP contribution in [0.25, 0.3) is 0 Å². The van der Waals surface area contributed by atoms with E-state index in [9.17, 15) is 4.79 Å². The number of rotatable bonds is 4. The van der Waals surface area contributed by atoms with E-state index < -0.39 is 0 Å². The van der Waals surface area contributed by atoms with E-state index in [1.807, 2.05) is 11.8 Å². The standard InChI is InChI=1S/C17H30N2OS/c1-3-14-18-17(11-7-8-12-17)15(20)19(14)13-16(21-2)9-5-4-6-10-16/h14,18H,3-13H2,1-2H3. The summed E-state index contributed by atoms with van der Waals surface area (Å²) in [5.74, 6) is 0.408. The number of hydrogen-bond donors (Lipinski definition) is 1. The summed E-state index contributed by atoms with van der Waals surface area (Å²) < 4.78 is 0.313. The molecule has 21 heavy (non-hydrogen) atoms. The fourth-order valence-electron chi connectivity index (χ4n) is 4.65. The quantitative estimate of drug-likeness (QED) is 0.862. The van der Waals surface area contributed by atoms with Gasteiger partial charge in [-0.15, -0.1) is 0 Å². The van der Waals surface area contributed by atoms with Gasteiger partial charge in [-0.05, 0) is 38.4 Å². The Morgan fingerprint density at radius 3 is 2.33 bits per heavy atom. The minimum Gasteiger partial charge on any atom is -0.324 e. The lowest BCUT2D eigenvalue weighted by molar-refractivity contribution is -0.133. The zero-order chi connectivity index (χ0) is 14.9. The molecule has 1 N–H and O–H groups in total. The second kappa shape index (κ2) is 6.11. The highest BCUT2D eigenvalue weighted by Crippen LogP contribution is 2.43. The second-order valence-corrected chi connectivity index (χ2v) is 8.51. The van der Waals surface area contributed by atoms with Crippen LogP contribution in [0.2, 0.25) is 0 Å². The van der Waals surface area contributed by atoms with Gasteiger partial charge in [0.25, 0.3) is 0 Å². The van der Waals surface area contributed by atoms with Gasteiger partial charge in [-0.25, -0.2) is 0 Å². The van der Waals surface area contributed by atoms with E-state index >= 15 is 0 Å². The third-order valence-electron chi connectivity index (χ3n) is 5.99. The number of carbonyl (C=O) groups excluding carboxylic acids is 1. The van der Waals surface area contributed by atoms with Gasteiger partial charge in [-0.2, -0.15) is 11.8 Å². The minimum atomic E-state index is -0.199. The van der Waals surface area contributed by atoms with Crippen LogP contribution >= 0.6 is 11.8 Å². The van der Waals surface area contributed by atoms with Gasteiger partial charge in [0.15, 0.2) is 0 Å². The van der Waals surface area contributed by atoms with Crippen molar-refractivity contribution in [3.63, 3.8) is 0 Å². The molecule has 1 atom stereocenters. The van der Waals surface area contributed by atoms with Crippen LogP contribution in [0.5, 0.6) is 0 Å². The van der Waals surface area contributed by atoms with Crippen molar-refractivity contribution < 1.29 is 4.79 Å². The third-order valence-corrected chi connectivity index (χ3v) is 7.39. The van der Waals surface area contributed by atoms with Gasteiger partial charge >= 0.3 is 0 Å². The molecule has 3 nitrogen and oxygen atoms in total. The molecule has 120 valence electrons. The van der Waals surface area contributed by atoms with Gasteiger partial charge in [-0.1, -0.05) is 39.0 Å². The van der Waals surface area contributed by atoms with E-state index in [0.29, 0.717) is 10.7 Å². The van der Waals surface area contributed by atoms with Gasteiger partial charge in [0.1, 0.15) is 0 Å². The number of nitrogens with zero attached hydrogens (tertiary/aromatic N) is 1. The van der Waals surface area contributed by atoms with Crippen LogP contribution < -0.4 is 5.32 Å². The number of nitrogens with one attached hydrogen (secondary N) is 1. The highest BCUT2D eigenvalue weighted by molar-refractivity contribution is 8.00. The zero-order valence-electron chi connectivity index (χ0n) is 13.6. The molecule has 1 unspecified atom stereocenters. The van der Waals surface area contributed by atoms with Crippen molar-refractivity contribution in [2.75, 3.05) is 12.8 Å². The highest BCUT2D eigenvalue weighted by atomic mass is 32.2. The number of amides is 1. The molecule has 1 aliphatic heterocycles. The summed E-state index contributed by atoms with van der Waals surface area (Å²) >= 11 is 2.00. The molecule has 1 saturated heterocycles. The lowest BCUT2D eigenvalue weighted by Crippen LogP contribution is -2.48. The first-order valence-electron chi connectivity index (χ1n) is 8.79. The molecular weight excluding hydrogens is 280 g/mol. The lowest BCUT2D eigenvalue weighted by atomic mass is 9.87. The number of thioether (sulfide) groups is 1. The van der Waals surface area contributed by atoms with Gasteiger partial charge < -0.3 is 4.90 Å². The van der Waals surface area contributed by atoms with Crippen molar-refractivity contribution in [1.82, 2.24) is 10.2 Å². The van der Waals surface area contributed by atoms with Crippen molar-refractivity contribution in [1.29, 1.82) is 0 Å². The molecular formula is C17H30N2OS. The monoisotopic (exact) mass is 310 g/mol. The summed E-state index contributed by atoms with van der Waals surface area (Å²) in [6.07, 6.45) is 14.6. The molecule has 0 aromatic rings. The van der Waals surface area contributed by atoms with E-state index in [4.69, 9.17) is 0 Å². The van der Waals surface area contributed by atoms with Crippen molar-refractivity contribution in [3.8, 4) is 0 Å². The van der Waals surface area contributed by atoms with Crippen LogP contribution in [0.4, 0.5) is 0 Å². The molecule has 3 rings (SSSR count). The maximum Gasteiger partial charge on any atom is 0.244 e. The van der Waals surface area contributed by atoms with E-state index in [2.05, 4.69) is 23.4 Å². The van der Waals surface area contributed by atoms with Crippen molar-refractivity contribution in [2.45, 2.75) is 87.6 Å². The maximum atomic E-state index is 13.1. The summed E-state index contributed by atoms with van der Waals surface area (Å²) in [6, 6.07) is 0. The average Bonchev–Trinajstić information content (AvgIpc) is 3.09. The first-order chi connectivity index (χ1) is 10.1. The van der Waals surface area contributed by atoms with Crippen LogP contribution in [0.15, 0.2) is 0 Å². The maximum absolute atomic E-state index is 13.1. The van der Waals surface area contributed by atoms with Gasteiger partial charge in [0, 0.05) is 11.3 Å². The molecule has 2 saturated carbocycles. The average molecular weight is 311 g/mol. The van der Waals surface area contributed by atoms with Gasteiger partial charge in [0.2, 0.25) is 5.91 Å². The van der Waals surface area contributed by atoms with Crippen molar-refractivity contribution in [3.05, 3.63) is 0 Å². The van der Waals surface area contributed by atoms with E-state index in [0.717, 1.165) is 25.8 Å². The van der Waals surface area contributed by atoms with Crippen molar-refractivity contribution >= 4 is 17.7 Å². The molecule has 1 amide bonds. The Hall–Kier alpha value is -0.220. The zero-order valence-corrected chi connectivity index (χ0v) is 14.4. The molecule has 0 aromatic carbocycles. The summed E-state index contributed by atoms with van der Waals surface area (Å²) in [5, 5.41) is 3.71. The molecule has 0 radical (unpaired) electrons. The predicted molar refractivity (Wildman–Crippen MR) is 89.5 cm³/mol. The lowest BCUT2D eigenvalue weighted by Gasteiger charge is -2.40. The molecule has 4 heteroatoms. The Labute approximate surface area is 133 Å².